The molecule has 5 nitrogen and oxygen atoms in total. The molecule has 112 valence electrons. The van der Waals surface area contributed by atoms with E-state index in [4.69, 9.17) is 4.74 Å². The topological polar surface area (TPSA) is 70.2 Å². The molecule has 0 amide bonds. The van der Waals surface area contributed by atoms with Crippen molar-refractivity contribution in [2.75, 3.05) is 6.54 Å². The Morgan fingerprint density at radius 3 is 3.05 bits per heavy atom. The number of hydrogen-bond acceptors (Lipinski definition) is 4. The number of aliphatic hydroxyl groups excluding tert-OH is 1. The van der Waals surface area contributed by atoms with Gasteiger partial charge in [-0.2, -0.15) is 0 Å². The van der Waals surface area contributed by atoms with Gasteiger partial charge in [0.15, 0.2) is 0 Å². The Bertz CT molecular complexity index is 622. The lowest BCUT2D eigenvalue weighted by Gasteiger charge is -2.24. The van der Waals surface area contributed by atoms with E-state index in [9.17, 15) is 5.11 Å². The summed E-state index contributed by atoms with van der Waals surface area (Å²) in [6, 6.07) is 6.04. The van der Waals surface area contributed by atoms with E-state index in [1.807, 2.05) is 32.0 Å². The molecule has 0 unspecified atom stereocenters. The Hall–Kier alpha value is -1.85. The van der Waals surface area contributed by atoms with Crippen LogP contribution in [-0.4, -0.2) is 27.7 Å². The summed E-state index contributed by atoms with van der Waals surface area (Å²) in [5.74, 6) is 0.745. The first-order valence-corrected chi connectivity index (χ1v) is 7.35. The lowest BCUT2D eigenvalue weighted by molar-refractivity contribution is 0.225. The smallest absolute Gasteiger partial charge is 0.125 e. The second-order valence-corrected chi connectivity index (χ2v) is 5.60. The number of hydrogen-bond donors (Lipinski definition) is 3. The maximum Gasteiger partial charge on any atom is 0.125 e. The Kier molecular flexibility index (Phi) is 3.94. The van der Waals surface area contributed by atoms with Crippen LogP contribution in [0.4, 0.5) is 0 Å². The molecular weight excluding hydrogens is 266 g/mol. The molecule has 0 saturated carbocycles. The number of nitrogens with one attached hydrogen (secondary N) is 2. The molecule has 1 aliphatic rings. The molecule has 1 aromatic carbocycles. The average molecular weight is 287 g/mol. The van der Waals surface area contributed by atoms with Crippen LogP contribution in [0.2, 0.25) is 0 Å². The van der Waals surface area contributed by atoms with Gasteiger partial charge in [-0.25, -0.2) is 4.98 Å². The predicted molar refractivity (Wildman–Crippen MR) is 80.3 cm³/mol. The molecule has 21 heavy (non-hydrogen) atoms. The Morgan fingerprint density at radius 2 is 2.29 bits per heavy atom. The van der Waals surface area contributed by atoms with Gasteiger partial charge in [0.1, 0.15) is 5.75 Å². The molecule has 2 heterocycles. The summed E-state index contributed by atoms with van der Waals surface area (Å²) in [5.41, 5.74) is 4.14. The van der Waals surface area contributed by atoms with Crippen LogP contribution < -0.4 is 10.1 Å². The van der Waals surface area contributed by atoms with E-state index in [1.165, 1.54) is 5.69 Å². The molecule has 0 aliphatic carbocycles. The first-order valence-electron chi connectivity index (χ1n) is 7.35. The quantitative estimate of drug-likeness (QED) is 0.803. The zero-order chi connectivity index (χ0) is 14.8. The van der Waals surface area contributed by atoms with Crippen LogP contribution in [0.15, 0.2) is 24.5 Å². The van der Waals surface area contributed by atoms with Crippen molar-refractivity contribution in [3.63, 3.8) is 0 Å². The third-order valence-electron chi connectivity index (χ3n) is 3.70. The summed E-state index contributed by atoms with van der Waals surface area (Å²) < 4.78 is 5.73. The molecule has 0 fully saturated rings. The Balaban J connectivity index is 1.94. The van der Waals surface area contributed by atoms with E-state index in [-0.39, 0.29) is 18.8 Å². The minimum atomic E-state index is -0.0317. The van der Waals surface area contributed by atoms with Gasteiger partial charge in [-0.3, -0.25) is 0 Å². The van der Waals surface area contributed by atoms with E-state index in [0.29, 0.717) is 0 Å². The van der Waals surface area contributed by atoms with E-state index in [2.05, 4.69) is 15.3 Å². The SMILES string of the molecule is CC(C)Oc1ccc([C@H]2NCCc3[nH]cnc32)cc1CO. The molecule has 0 saturated heterocycles. The van der Waals surface area contributed by atoms with Crippen molar-refractivity contribution in [2.24, 2.45) is 0 Å². The van der Waals surface area contributed by atoms with Crippen LogP contribution in [0.25, 0.3) is 0 Å². The van der Waals surface area contributed by atoms with Crippen LogP contribution in [-0.2, 0) is 13.0 Å². The van der Waals surface area contributed by atoms with Crippen LogP contribution >= 0.6 is 0 Å². The van der Waals surface area contributed by atoms with Crippen molar-refractivity contribution in [3.8, 4) is 5.75 Å². The maximum atomic E-state index is 9.59. The number of nitrogens with zero attached hydrogens (tertiary/aromatic N) is 1. The molecule has 3 rings (SSSR count). The number of imidazole rings is 1. The summed E-state index contributed by atoms with van der Waals surface area (Å²) in [7, 11) is 0. The summed E-state index contributed by atoms with van der Waals surface area (Å²) in [6.45, 7) is 4.84. The highest BCUT2D eigenvalue weighted by atomic mass is 16.5. The van der Waals surface area contributed by atoms with Crippen molar-refractivity contribution in [3.05, 3.63) is 47.0 Å². The Morgan fingerprint density at radius 1 is 1.43 bits per heavy atom. The number of aromatic nitrogens is 2. The van der Waals surface area contributed by atoms with Crippen LogP contribution in [0, 0.1) is 0 Å². The molecule has 0 radical (unpaired) electrons. The van der Waals surface area contributed by atoms with Crippen molar-refractivity contribution in [2.45, 2.75) is 39.0 Å². The van der Waals surface area contributed by atoms with E-state index in [1.54, 1.807) is 6.33 Å². The van der Waals surface area contributed by atoms with Gasteiger partial charge in [0, 0.05) is 24.2 Å². The van der Waals surface area contributed by atoms with Gasteiger partial charge in [-0.15, -0.1) is 0 Å². The molecule has 1 aromatic heterocycles. The molecule has 1 atom stereocenters. The second kappa shape index (κ2) is 5.87. The predicted octanol–water partition coefficient (Wildman–Crippen LogP) is 1.92. The fraction of sp³-hybridized carbons (Fsp3) is 0.438. The minimum Gasteiger partial charge on any atom is -0.491 e. The van der Waals surface area contributed by atoms with Crippen LogP contribution in [0.3, 0.4) is 0 Å². The van der Waals surface area contributed by atoms with Gasteiger partial charge in [-0.05, 0) is 31.5 Å². The van der Waals surface area contributed by atoms with Crippen molar-refractivity contribution < 1.29 is 9.84 Å². The molecule has 5 heteroatoms. The molecule has 3 N–H and O–H groups in total. The van der Waals surface area contributed by atoms with Crippen LogP contribution in [0.1, 0.15) is 42.4 Å². The van der Waals surface area contributed by atoms with Gasteiger partial charge in [-0.1, -0.05) is 6.07 Å². The fourth-order valence-corrected chi connectivity index (χ4v) is 2.77. The first kappa shape index (κ1) is 14.1. The molecule has 0 bridgehead atoms. The normalized spacial score (nSPS) is 17.8. The fourth-order valence-electron chi connectivity index (χ4n) is 2.77. The van der Waals surface area contributed by atoms with E-state index < -0.39 is 0 Å². The van der Waals surface area contributed by atoms with Crippen molar-refractivity contribution in [1.29, 1.82) is 0 Å². The molecular formula is C16H21N3O2. The van der Waals surface area contributed by atoms with E-state index >= 15 is 0 Å². The highest BCUT2D eigenvalue weighted by Gasteiger charge is 2.24. The number of rotatable bonds is 4. The van der Waals surface area contributed by atoms with Crippen LogP contribution in [0.5, 0.6) is 5.75 Å². The second-order valence-electron chi connectivity index (χ2n) is 5.60. The average Bonchev–Trinajstić information content (AvgIpc) is 2.95. The van der Waals surface area contributed by atoms with Crippen molar-refractivity contribution >= 4 is 0 Å². The number of benzene rings is 1. The zero-order valence-electron chi connectivity index (χ0n) is 12.4. The summed E-state index contributed by atoms with van der Waals surface area (Å²) in [4.78, 5) is 7.63. The molecule has 0 spiro atoms. The third kappa shape index (κ3) is 2.80. The zero-order valence-corrected chi connectivity index (χ0v) is 12.4. The highest BCUT2D eigenvalue weighted by Crippen LogP contribution is 2.30. The number of aliphatic hydroxyl groups is 1. The maximum absolute atomic E-state index is 9.59. The lowest BCUT2D eigenvalue weighted by atomic mass is 9.96. The van der Waals surface area contributed by atoms with Gasteiger partial charge < -0.3 is 20.1 Å². The summed E-state index contributed by atoms with van der Waals surface area (Å²) >= 11 is 0. The largest absolute Gasteiger partial charge is 0.491 e. The standard InChI is InChI=1S/C16H21N3O2/c1-10(2)21-14-4-3-11(7-12(14)8-20)15-16-13(5-6-17-15)18-9-19-16/h3-4,7,9-10,15,17,20H,5-6,8H2,1-2H3,(H,18,19)/t15-/m1/s1. The van der Waals surface area contributed by atoms with Gasteiger partial charge in [0.2, 0.25) is 0 Å². The molecule has 2 aromatic rings. The lowest BCUT2D eigenvalue weighted by Crippen LogP contribution is -2.30. The summed E-state index contributed by atoms with van der Waals surface area (Å²) in [5, 5.41) is 13.1. The van der Waals surface area contributed by atoms with Crippen molar-refractivity contribution in [1.82, 2.24) is 15.3 Å². The van der Waals surface area contributed by atoms with Gasteiger partial charge in [0.25, 0.3) is 0 Å². The number of fused-ring (bicyclic) bond motifs is 1. The third-order valence-corrected chi connectivity index (χ3v) is 3.70. The number of H-pyrrole nitrogens is 1. The highest BCUT2D eigenvalue weighted by molar-refractivity contribution is 5.41. The van der Waals surface area contributed by atoms with Gasteiger partial charge >= 0.3 is 0 Å². The first-order chi connectivity index (χ1) is 10.2. The summed E-state index contributed by atoms with van der Waals surface area (Å²) in [6.07, 6.45) is 2.80. The monoisotopic (exact) mass is 287 g/mol. The van der Waals surface area contributed by atoms with Gasteiger partial charge in [0.05, 0.1) is 30.8 Å². The number of aromatic amines is 1. The Labute approximate surface area is 124 Å². The van der Waals surface area contributed by atoms with E-state index in [0.717, 1.165) is 35.5 Å². The molecule has 1 aliphatic heterocycles. The number of ether oxygens (including phenoxy) is 1. The minimum absolute atomic E-state index is 0.0317.